The van der Waals surface area contributed by atoms with E-state index in [0.717, 1.165) is 4.47 Å². The van der Waals surface area contributed by atoms with Crippen LogP contribution in [0, 0.1) is 6.92 Å². The van der Waals surface area contributed by atoms with Gasteiger partial charge in [0.2, 0.25) is 0 Å². The Kier molecular flexibility index (Phi) is 6.75. The molecule has 6 heteroatoms. The third-order valence-electron chi connectivity index (χ3n) is 5.02. The predicted octanol–water partition coefficient (Wildman–Crippen LogP) is 7.02. The summed E-state index contributed by atoms with van der Waals surface area (Å²) in [6.07, 6.45) is 3.10. The van der Waals surface area contributed by atoms with Crippen LogP contribution in [0.3, 0.4) is 0 Å². The molecule has 0 saturated heterocycles. The molecule has 0 fully saturated rings. The summed E-state index contributed by atoms with van der Waals surface area (Å²) < 4.78 is 17.9. The number of fused-ring (bicyclic) bond motifs is 1. The number of hydrogen-bond donors (Lipinski definition) is 0. The summed E-state index contributed by atoms with van der Waals surface area (Å²) in [5, 5.41) is 0.627. The van der Waals surface area contributed by atoms with Crippen LogP contribution in [-0.4, -0.2) is 18.4 Å². The van der Waals surface area contributed by atoms with Gasteiger partial charge in [-0.1, -0.05) is 34.1 Å². The molecule has 0 amide bonds. The molecular formula is C27H21BrO5. The highest BCUT2D eigenvalue weighted by Gasteiger charge is 2.21. The van der Waals surface area contributed by atoms with E-state index in [0.29, 0.717) is 51.5 Å². The third-order valence-corrected chi connectivity index (χ3v) is 5.54. The van der Waals surface area contributed by atoms with Gasteiger partial charge in [0.15, 0.2) is 5.78 Å². The highest BCUT2D eigenvalue weighted by Crippen LogP contribution is 2.31. The number of ether oxygens (including phenoxy) is 2. The largest absolute Gasteiger partial charge is 0.494 e. The number of para-hydroxylation sites is 1. The minimum absolute atomic E-state index is 0.149. The minimum atomic E-state index is -0.542. The molecular weight excluding hydrogens is 484 g/mol. The highest BCUT2D eigenvalue weighted by molar-refractivity contribution is 9.10. The zero-order chi connectivity index (χ0) is 23.4. The Hall–Kier alpha value is -3.64. The molecule has 33 heavy (non-hydrogen) atoms. The van der Waals surface area contributed by atoms with Gasteiger partial charge in [-0.3, -0.25) is 4.79 Å². The fourth-order valence-electron chi connectivity index (χ4n) is 3.45. The summed E-state index contributed by atoms with van der Waals surface area (Å²) in [4.78, 5) is 25.6. The van der Waals surface area contributed by atoms with Crippen molar-refractivity contribution in [1.82, 2.24) is 0 Å². The lowest BCUT2D eigenvalue weighted by Crippen LogP contribution is -2.10. The second-order valence-electron chi connectivity index (χ2n) is 7.26. The Morgan fingerprint density at radius 2 is 1.79 bits per heavy atom. The van der Waals surface area contributed by atoms with Crippen LogP contribution < -0.4 is 9.47 Å². The number of esters is 1. The molecule has 1 aromatic heterocycles. The summed E-state index contributed by atoms with van der Waals surface area (Å²) in [6, 6.07) is 19.5. The van der Waals surface area contributed by atoms with Crippen molar-refractivity contribution in [2.24, 2.45) is 0 Å². The van der Waals surface area contributed by atoms with Crippen LogP contribution in [-0.2, 0) is 0 Å². The van der Waals surface area contributed by atoms with E-state index in [1.807, 2.05) is 25.1 Å². The van der Waals surface area contributed by atoms with E-state index in [4.69, 9.17) is 13.9 Å². The molecule has 0 aliphatic carbocycles. The molecule has 0 N–H and O–H groups in total. The fraction of sp³-hybridized carbons (Fsp3) is 0.111. The van der Waals surface area contributed by atoms with Crippen molar-refractivity contribution >= 4 is 44.7 Å². The summed E-state index contributed by atoms with van der Waals surface area (Å²) in [5.74, 6) is 0.762. The number of furan rings is 1. The minimum Gasteiger partial charge on any atom is -0.494 e. The molecule has 0 bridgehead atoms. The molecule has 0 aliphatic rings. The number of halogens is 1. The molecule has 5 nitrogen and oxygen atoms in total. The Labute approximate surface area is 199 Å². The van der Waals surface area contributed by atoms with Gasteiger partial charge >= 0.3 is 5.97 Å². The van der Waals surface area contributed by atoms with E-state index in [9.17, 15) is 9.59 Å². The number of allylic oxidation sites excluding steroid dienone is 1. The lowest BCUT2D eigenvalue weighted by molar-refractivity contribution is 0.0734. The van der Waals surface area contributed by atoms with Gasteiger partial charge in [-0.15, -0.1) is 0 Å². The van der Waals surface area contributed by atoms with Crippen molar-refractivity contribution in [1.29, 1.82) is 0 Å². The van der Waals surface area contributed by atoms with Crippen LogP contribution in [0.25, 0.3) is 17.0 Å². The fourth-order valence-corrected chi connectivity index (χ4v) is 3.71. The molecule has 4 aromatic rings. The summed E-state index contributed by atoms with van der Waals surface area (Å²) in [5.41, 5.74) is 2.10. The number of rotatable bonds is 7. The third kappa shape index (κ3) is 5.07. The van der Waals surface area contributed by atoms with Crippen molar-refractivity contribution in [2.45, 2.75) is 13.8 Å². The number of benzene rings is 3. The van der Waals surface area contributed by atoms with Gasteiger partial charge < -0.3 is 13.9 Å². The highest BCUT2D eigenvalue weighted by atomic mass is 79.9. The van der Waals surface area contributed by atoms with Gasteiger partial charge in [0.1, 0.15) is 28.4 Å². The SMILES string of the molecule is CCOc1ccc2oc(C)c(C(=O)Oc3ccccc3/C=C/C(=O)c3ccc(Br)cc3)c2c1. The van der Waals surface area contributed by atoms with Gasteiger partial charge in [0, 0.05) is 21.0 Å². The Morgan fingerprint density at radius 3 is 2.55 bits per heavy atom. The molecule has 0 aliphatic heterocycles. The maximum atomic E-state index is 13.1. The van der Waals surface area contributed by atoms with Crippen LogP contribution in [0.4, 0.5) is 0 Å². The van der Waals surface area contributed by atoms with E-state index in [-0.39, 0.29) is 5.78 Å². The molecule has 1 heterocycles. The Morgan fingerprint density at radius 1 is 1.03 bits per heavy atom. The smallest absolute Gasteiger partial charge is 0.347 e. The average molecular weight is 505 g/mol. The van der Waals surface area contributed by atoms with Crippen molar-refractivity contribution < 1.29 is 23.5 Å². The van der Waals surface area contributed by atoms with Crippen LogP contribution in [0.1, 0.15) is 39.0 Å². The van der Waals surface area contributed by atoms with E-state index in [1.54, 1.807) is 61.5 Å². The summed E-state index contributed by atoms with van der Waals surface area (Å²) >= 11 is 3.36. The molecule has 166 valence electrons. The van der Waals surface area contributed by atoms with E-state index < -0.39 is 5.97 Å². The van der Waals surface area contributed by atoms with Crippen LogP contribution >= 0.6 is 15.9 Å². The van der Waals surface area contributed by atoms with Crippen molar-refractivity contribution in [2.75, 3.05) is 6.61 Å². The lowest BCUT2D eigenvalue weighted by atomic mass is 10.1. The summed E-state index contributed by atoms with van der Waals surface area (Å²) in [6.45, 7) is 4.13. The van der Waals surface area contributed by atoms with E-state index in [2.05, 4.69) is 15.9 Å². The molecule has 3 aromatic carbocycles. The van der Waals surface area contributed by atoms with Crippen molar-refractivity contribution in [3.8, 4) is 11.5 Å². The number of ketones is 1. The molecule has 0 spiro atoms. The standard InChI is InChI=1S/C27H21BrO5/c1-3-31-21-13-15-25-22(16-21)26(17(2)32-25)27(30)33-24-7-5-4-6-19(24)10-14-23(29)18-8-11-20(28)12-9-18/h4-16H,3H2,1-2H3/b14-10+. The lowest BCUT2D eigenvalue weighted by Gasteiger charge is -2.08. The molecule has 0 radical (unpaired) electrons. The van der Waals surface area contributed by atoms with Crippen LogP contribution in [0.15, 0.2) is 81.7 Å². The normalized spacial score (nSPS) is 11.1. The maximum absolute atomic E-state index is 13.1. The van der Waals surface area contributed by atoms with Gasteiger partial charge in [-0.2, -0.15) is 0 Å². The van der Waals surface area contributed by atoms with Crippen LogP contribution in [0.5, 0.6) is 11.5 Å². The number of carbonyl (C=O) groups excluding carboxylic acids is 2. The Balaban J connectivity index is 1.60. The van der Waals surface area contributed by atoms with Crippen molar-refractivity contribution in [3.63, 3.8) is 0 Å². The van der Waals surface area contributed by atoms with Gasteiger partial charge in [0.25, 0.3) is 0 Å². The first kappa shape index (κ1) is 22.6. The van der Waals surface area contributed by atoms with Crippen molar-refractivity contribution in [3.05, 3.63) is 99.7 Å². The number of hydrogen-bond acceptors (Lipinski definition) is 5. The average Bonchev–Trinajstić information content (AvgIpc) is 3.14. The van der Waals surface area contributed by atoms with Crippen LogP contribution in [0.2, 0.25) is 0 Å². The monoisotopic (exact) mass is 504 g/mol. The predicted molar refractivity (Wildman–Crippen MR) is 131 cm³/mol. The first-order valence-electron chi connectivity index (χ1n) is 10.4. The maximum Gasteiger partial charge on any atom is 0.347 e. The van der Waals surface area contributed by atoms with E-state index in [1.165, 1.54) is 6.08 Å². The number of carbonyl (C=O) groups is 2. The second kappa shape index (κ2) is 9.88. The quantitative estimate of drug-likeness (QED) is 0.117. The first-order valence-corrected chi connectivity index (χ1v) is 11.2. The zero-order valence-corrected chi connectivity index (χ0v) is 19.7. The number of aryl methyl sites for hydroxylation is 1. The molecule has 0 atom stereocenters. The second-order valence-corrected chi connectivity index (χ2v) is 8.17. The first-order chi connectivity index (χ1) is 16.0. The topological polar surface area (TPSA) is 65.7 Å². The molecule has 0 unspecified atom stereocenters. The summed E-state index contributed by atoms with van der Waals surface area (Å²) in [7, 11) is 0. The van der Waals surface area contributed by atoms with E-state index >= 15 is 0 Å². The Bertz CT molecular complexity index is 1350. The molecule has 0 saturated carbocycles. The van der Waals surface area contributed by atoms with Gasteiger partial charge in [0.05, 0.1) is 6.61 Å². The van der Waals surface area contributed by atoms with Gasteiger partial charge in [-0.05, 0) is 74.5 Å². The zero-order valence-electron chi connectivity index (χ0n) is 18.1. The van der Waals surface area contributed by atoms with Gasteiger partial charge in [-0.25, -0.2) is 4.79 Å². The molecule has 4 rings (SSSR count).